The minimum atomic E-state index is -0.477. The Labute approximate surface area is 174 Å². The first kappa shape index (κ1) is 21.0. The highest BCUT2D eigenvalue weighted by molar-refractivity contribution is 5.97. The molecule has 154 valence electrons. The zero-order chi connectivity index (χ0) is 21.2. The van der Waals surface area contributed by atoms with Crippen LogP contribution in [0.5, 0.6) is 0 Å². The van der Waals surface area contributed by atoms with Gasteiger partial charge in [-0.05, 0) is 0 Å². The summed E-state index contributed by atoms with van der Waals surface area (Å²) in [5.74, 6) is 0.0398. The summed E-state index contributed by atoms with van der Waals surface area (Å²) in [5, 5.41) is 2.61. The van der Waals surface area contributed by atoms with E-state index >= 15 is 0 Å². The SMILES string of the molecule is O=C(CCC(=O)c1ccccc1)NCCC(=O)OCc1ncc(-c2ccccc2)o1. The molecule has 0 aliphatic rings. The lowest BCUT2D eigenvalue weighted by Crippen LogP contribution is -2.26. The number of Topliss-reactive ketones (excluding diaryl/α,β-unsaturated/α-hetero) is 1. The van der Waals surface area contributed by atoms with E-state index in [0.717, 1.165) is 5.56 Å². The average Bonchev–Trinajstić information content (AvgIpc) is 3.26. The normalized spacial score (nSPS) is 10.4. The molecule has 2 aromatic carbocycles. The van der Waals surface area contributed by atoms with Gasteiger partial charge in [0, 0.05) is 30.5 Å². The molecule has 3 rings (SSSR count). The van der Waals surface area contributed by atoms with Crippen molar-refractivity contribution in [3.05, 3.63) is 78.3 Å². The van der Waals surface area contributed by atoms with E-state index in [1.54, 1.807) is 30.5 Å². The van der Waals surface area contributed by atoms with Crippen molar-refractivity contribution in [1.82, 2.24) is 10.3 Å². The summed E-state index contributed by atoms with van der Waals surface area (Å²) in [6.45, 7) is 0.0588. The van der Waals surface area contributed by atoms with Crippen molar-refractivity contribution in [1.29, 1.82) is 0 Å². The van der Waals surface area contributed by atoms with Crippen LogP contribution in [-0.4, -0.2) is 29.2 Å². The van der Waals surface area contributed by atoms with Crippen LogP contribution in [0.2, 0.25) is 0 Å². The number of ether oxygens (including phenoxy) is 1. The number of rotatable bonds is 10. The predicted molar refractivity (Wildman–Crippen MR) is 109 cm³/mol. The molecule has 1 N–H and O–H groups in total. The first-order valence-electron chi connectivity index (χ1n) is 9.62. The fourth-order valence-electron chi connectivity index (χ4n) is 2.72. The molecule has 0 spiro atoms. The summed E-state index contributed by atoms with van der Waals surface area (Å²) >= 11 is 0. The molecule has 0 aliphatic carbocycles. The van der Waals surface area contributed by atoms with Crippen molar-refractivity contribution in [2.75, 3.05) is 6.54 Å². The molecule has 0 fully saturated rings. The molecule has 1 amide bonds. The molecule has 0 bridgehead atoms. The lowest BCUT2D eigenvalue weighted by atomic mass is 10.1. The molecule has 30 heavy (non-hydrogen) atoms. The van der Waals surface area contributed by atoms with E-state index in [1.165, 1.54) is 0 Å². The summed E-state index contributed by atoms with van der Waals surface area (Å²) in [4.78, 5) is 39.7. The summed E-state index contributed by atoms with van der Waals surface area (Å²) in [6.07, 6.45) is 1.79. The van der Waals surface area contributed by atoms with Crippen molar-refractivity contribution < 1.29 is 23.5 Å². The Kier molecular flexibility index (Phi) is 7.49. The molecule has 3 aromatic rings. The van der Waals surface area contributed by atoms with E-state index in [4.69, 9.17) is 9.15 Å². The largest absolute Gasteiger partial charge is 0.456 e. The zero-order valence-electron chi connectivity index (χ0n) is 16.4. The quantitative estimate of drug-likeness (QED) is 0.408. The number of benzene rings is 2. The number of hydrogen-bond donors (Lipinski definition) is 1. The van der Waals surface area contributed by atoms with Crippen LogP contribution in [0, 0.1) is 0 Å². The number of oxazole rings is 1. The van der Waals surface area contributed by atoms with E-state index in [2.05, 4.69) is 10.3 Å². The van der Waals surface area contributed by atoms with E-state index in [0.29, 0.717) is 17.2 Å². The third-order valence-electron chi connectivity index (χ3n) is 4.29. The molecule has 7 nitrogen and oxygen atoms in total. The van der Waals surface area contributed by atoms with Gasteiger partial charge >= 0.3 is 5.97 Å². The van der Waals surface area contributed by atoms with Crippen molar-refractivity contribution in [3.8, 4) is 11.3 Å². The van der Waals surface area contributed by atoms with Gasteiger partial charge in [-0.3, -0.25) is 14.4 Å². The van der Waals surface area contributed by atoms with Crippen LogP contribution >= 0.6 is 0 Å². The second-order valence-corrected chi connectivity index (χ2v) is 6.53. The minimum Gasteiger partial charge on any atom is -0.456 e. The number of carbonyl (C=O) groups excluding carboxylic acids is 3. The number of amides is 1. The molecule has 0 saturated carbocycles. The van der Waals surface area contributed by atoms with Gasteiger partial charge in [-0.15, -0.1) is 0 Å². The standard InChI is InChI=1S/C23H22N2O5/c26-19(17-7-3-1-4-8-17)11-12-21(27)24-14-13-23(28)29-16-22-25-15-20(30-22)18-9-5-2-6-10-18/h1-10,15H,11-14,16H2,(H,24,27). The van der Waals surface area contributed by atoms with Gasteiger partial charge in [-0.25, -0.2) is 4.98 Å². The van der Waals surface area contributed by atoms with Crippen LogP contribution in [0.25, 0.3) is 11.3 Å². The molecule has 0 atom stereocenters. The van der Waals surface area contributed by atoms with Crippen LogP contribution in [0.4, 0.5) is 0 Å². The molecular formula is C23H22N2O5. The molecule has 1 heterocycles. The van der Waals surface area contributed by atoms with Crippen molar-refractivity contribution in [2.45, 2.75) is 25.9 Å². The van der Waals surface area contributed by atoms with Crippen LogP contribution in [0.15, 0.2) is 71.3 Å². The van der Waals surface area contributed by atoms with Crippen molar-refractivity contribution >= 4 is 17.7 Å². The van der Waals surface area contributed by atoms with Crippen molar-refractivity contribution in [3.63, 3.8) is 0 Å². The molecule has 7 heteroatoms. The fourth-order valence-corrected chi connectivity index (χ4v) is 2.72. The number of ketones is 1. The maximum Gasteiger partial charge on any atom is 0.308 e. The maximum absolute atomic E-state index is 12.0. The van der Waals surface area contributed by atoms with Gasteiger partial charge in [0.1, 0.15) is 0 Å². The average molecular weight is 406 g/mol. The van der Waals surface area contributed by atoms with Crippen LogP contribution < -0.4 is 5.32 Å². The Morgan fingerprint density at radius 1 is 0.900 bits per heavy atom. The summed E-state index contributed by atoms with van der Waals surface area (Å²) in [6, 6.07) is 18.3. The predicted octanol–water partition coefficient (Wildman–Crippen LogP) is 3.55. The first-order chi connectivity index (χ1) is 14.6. The molecule has 0 aliphatic heterocycles. The highest BCUT2D eigenvalue weighted by Crippen LogP contribution is 2.20. The van der Waals surface area contributed by atoms with E-state index < -0.39 is 5.97 Å². The van der Waals surface area contributed by atoms with Crippen LogP contribution in [0.1, 0.15) is 35.5 Å². The second-order valence-electron chi connectivity index (χ2n) is 6.53. The van der Waals surface area contributed by atoms with Crippen LogP contribution in [0.3, 0.4) is 0 Å². The Hall–Kier alpha value is -3.74. The van der Waals surface area contributed by atoms with Gasteiger partial charge in [-0.1, -0.05) is 60.7 Å². The smallest absolute Gasteiger partial charge is 0.308 e. The lowest BCUT2D eigenvalue weighted by Gasteiger charge is -2.05. The third kappa shape index (κ3) is 6.41. The Morgan fingerprint density at radius 3 is 2.33 bits per heavy atom. The number of esters is 1. The zero-order valence-corrected chi connectivity index (χ0v) is 16.4. The van der Waals surface area contributed by atoms with Gasteiger partial charge in [0.05, 0.1) is 12.6 Å². The number of aromatic nitrogens is 1. The van der Waals surface area contributed by atoms with Crippen molar-refractivity contribution in [2.24, 2.45) is 0 Å². The molecule has 0 saturated heterocycles. The Balaban J connectivity index is 1.32. The highest BCUT2D eigenvalue weighted by atomic mass is 16.5. The molecular weight excluding hydrogens is 384 g/mol. The Morgan fingerprint density at radius 2 is 1.60 bits per heavy atom. The number of nitrogens with one attached hydrogen (secondary N) is 1. The van der Waals surface area contributed by atoms with Crippen LogP contribution in [-0.2, 0) is 20.9 Å². The van der Waals surface area contributed by atoms with E-state index in [-0.39, 0.29) is 44.1 Å². The summed E-state index contributed by atoms with van der Waals surface area (Å²) in [5.41, 5.74) is 1.46. The van der Waals surface area contributed by atoms with Gasteiger partial charge in [0.25, 0.3) is 0 Å². The fraction of sp³-hybridized carbons (Fsp3) is 0.217. The second kappa shape index (κ2) is 10.7. The lowest BCUT2D eigenvalue weighted by molar-refractivity contribution is -0.145. The monoisotopic (exact) mass is 406 g/mol. The van der Waals surface area contributed by atoms with Gasteiger partial charge < -0.3 is 14.5 Å². The summed E-state index contributed by atoms with van der Waals surface area (Å²) in [7, 11) is 0. The Bertz CT molecular complexity index is 983. The molecule has 1 aromatic heterocycles. The minimum absolute atomic E-state index is 0.0185. The molecule has 0 radical (unpaired) electrons. The van der Waals surface area contributed by atoms with Gasteiger partial charge in [0.15, 0.2) is 18.2 Å². The first-order valence-corrected chi connectivity index (χ1v) is 9.62. The maximum atomic E-state index is 12.0. The highest BCUT2D eigenvalue weighted by Gasteiger charge is 2.11. The number of nitrogens with zero attached hydrogens (tertiary/aromatic N) is 1. The van der Waals surface area contributed by atoms with Gasteiger partial charge in [-0.2, -0.15) is 0 Å². The molecule has 0 unspecified atom stereocenters. The third-order valence-corrected chi connectivity index (χ3v) is 4.29. The summed E-state index contributed by atoms with van der Waals surface area (Å²) < 4.78 is 10.7. The number of carbonyl (C=O) groups is 3. The number of hydrogen-bond acceptors (Lipinski definition) is 6. The van der Waals surface area contributed by atoms with E-state index in [1.807, 2.05) is 36.4 Å². The topological polar surface area (TPSA) is 98.5 Å². The van der Waals surface area contributed by atoms with E-state index in [9.17, 15) is 14.4 Å². The van der Waals surface area contributed by atoms with Gasteiger partial charge in [0.2, 0.25) is 11.8 Å².